The molecular formula is C31H38N4O2. The van der Waals surface area contributed by atoms with Crippen LogP contribution >= 0.6 is 0 Å². The van der Waals surface area contributed by atoms with E-state index in [0.29, 0.717) is 29.8 Å². The fourth-order valence-electron chi connectivity index (χ4n) is 10.2. The molecule has 5 fully saturated rings. The van der Waals surface area contributed by atoms with Crippen LogP contribution < -0.4 is 9.64 Å². The van der Waals surface area contributed by atoms with Crippen molar-refractivity contribution in [3.63, 3.8) is 0 Å². The number of carbonyl (C=O) groups excluding carboxylic acids is 1. The summed E-state index contributed by atoms with van der Waals surface area (Å²) in [7, 11) is 1.79. The van der Waals surface area contributed by atoms with E-state index in [2.05, 4.69) is 54.8 Å². The zero-order valence-electron chi connectivity index (χ0n) is 22.6. The van der Waals surface area contributed by atoms with Crippen molar-refractivity contribution >= 4 is 11.9 Å². The monoisotopic (exact) mass is 498 g/mol. The Morgan fingerprint density at radius 2 is 1.86 bits per heavy atom. The molecule has 0 spiro atoms. The average Bonchev–Trinajstić information content (AvgIpc) is 3.45. The lowest BCUT2D eigenvalue weighted by Gasteiger charge is -2.66. The van der Waals surface area contributed by atoms with Gasteiger partial charge in [0.2, 0.25) is 11.9 Å². The fourth-order valence-corrected chi connectivity index (χ4v) is 10.2. The molecule has 3 heterocycles. The summed E-state index contributed by atoms with van der Waals surface area (Å²) in [6.07, 6.45) is 7.76. The summed E-state index contributed by atoms with van der Waals surface area (Å²) in [6, 6.07) is 9.68. The molecule has 6 nitrogen and oxygen atoms in total. The van der Waals surface area contributed by atoms with Crippen molar-refractivity contribution in [2.75, 3.05) is 25.1 Å². The molecule has 0 radical (unpaired) electrons. The van der Waals surface area contributed by atoms with Crippen molar-refractivity contribution in [1.29, 1.82) is 0 Å². The number of likely N-dealkylation sites (tertiary alicyclic amines) is 1. The van der Waals surface area contributed by atoms with Gasteiger partial charge in [0.25, 0.3) is 0 Å². The van der Waals surface area contributed by atoms with E-state index in [0.717, 1.165) is 61.9 Å². The number of fused-ring (bicyclic) bond motifs is 1. The highest BCUT2D eigenvalue weighted by molar-refractivity contribution is 5.85. The van der Waals surface area contributed by atoms with Crippen molar-refractivity contribution < 1.29 is 9.53 Å². The third-order valence-electron chi connectivity index (χ3n) is 11.7. The van der Waals surface area contributed by atoms with E-state index in [4.69, 9.17) is 14.7 Å². The second-order valence-electron chi connectivity index (χ2n) is 13.4. The van der Waals surface area contributed by atoms with Gasteiger partial charge in [-0.25, -0.2) is 9.97 Å². The van der Waals surface area contributed by atoms with Crippen molar-refractivity contribution in [1.82, 2.24) is 14.9 Å². The number of piperidine rings is 1. The van der Waals surface area contributed by atoms with Crippen molar-refractivity contribution in [2.24, 2.45) is 22.7 Å². The summed E-state index contributed by atoms with van der Waals surface area (Å²) in [5.74, 6) is 3.52. The Kier molecular flexibility index (Phi) is 4.27. The number of anilines is 1. The molecule has 194 valence electrons. The molecule has 37 heavy (non-hydrogen) atoms. The van der Waals surface area contributed by atoms with Gasteiger partial charge in [0.15, 0.2) is 0 Å². The van der Waals surface area contributed by atoms with Crippen molar-refractivity contribution in [3.8, 4) is 5.75 Å². The number of aryl methyl sites for hydroxylation is 2. The molecule has 1 aromatic heterocycles. The number of amides is 1. The Hall–Kier alpha value is -2.63. The molecule has 2 unspecified atom stereocenters. The van der Waals surface area contributed by atoms with E-state index in [1.54, 1.807) is 7.11 Å². The standard InChI is InChI=1S/C31H38N4O2/c1-18-13-19(2)33-28(32-18)35-17-21-16-30-8-7-24(35)26(21)31(30)11-12-34(27(36)29(3)9-10-29)25(30)14-20-5-6-22(37-4)15-23(20)31/h5-6,13,15,21,24-26H,7-12,14,16-17H2,1-4H3/t21-,24?,25-,26?,30-,31+/m1/s1. The Morgan fingerprint density at radius 1 is 1.08 bits per heavy atom. The maximum atomic E-state index is 13.9. The van der Waals surface area contributed by atoms with Crippen LogP contribution in [0, 0.1) is 36.5 Å². The quantitative estimate of drug-likeness (QED) is 0.619. The highest BCUT2D eigenvalue weighted by Gasteiger charge is 2.77. The lowest BCUT2D eigenvalue weighted by Crippen LogP contribution is -2.70. The zero-order chi connectivity index (χ0) is 25.3. The van der Waals surface area contributed by atoms with Gasteiger partial charge in [0.05, 0.1) is 7.11 Å². The largest absolute Gasteiger partial charge is 0.497 e. The van der Waals surface area contributed by atoms with Crippen LogP contribution in [0.25, 0.3) is 0 Å². The third-order valence-corrected chi connectivity index (χ3v) is 11.7. The summed E-state index contributed by atoms with van der Waals surface area (Å²) in [5.41, 5.74) is 5.25. The second kappa shape index (κ2) is 7.06. The van der Waals surface area contributed by atoms with Gasteiger partial charge in [-0.2, -0.15) is 0 Å². The van der Waals surface area contributed by atoms with E-state index in [9.17, 15) is 4.79 Å². The van der Waals surface area contributed by atoms with E-state index in [1.807, 2.05) is 0 Å². The summed E-state index contributed by atoms with van der Waals surface area (Å²) >= 11 is 0. The highest BCUT2D eigenvalue weighted by Crippen LogP contribution is 2.76. The molecule has 4 bridgehead atoms. The molecule has 2 saturated heterocycles. The Balaban J connectivity index is 1.28. The van der Waals surface area contributed by atoms with E-state index in [-0.39, 0.29) is 16.2 Å². The molecule has 2 aliphatic heterocycles. The fraction of sp³-hybridized carbons (Fsp3) is 0.645. The number of aromatic nitrogens is 2. The molecule has 6 aliphatic rings. The summed E-state index contributed by atoms with van der Waals surface area (Å²) in [4.78, 5) is 28.7. The Morgan fingerprint density at radius 3 is 2.59 bits per heavy atom. The molecule has 4 aliphatic carbocycles. The van der Waals surface area contributed by atoms with E-state index < -0.39 is 0 Å². The van der Waals surface area contributed by atoms with Gasteiger partial charge in [-0.1, -0.05) is 13.0 Å². The predicted molar refractivity (Wildman–Crippen MR) is 142 cm³/mol. The second-order valence-corrected chi connectivity index (χ2v) is 13.4. The van der Waals surface area contributed by atoms with Gasteiger partial charge in [0.1, 0.15) is 5.75 Å². The Bertz CT molecular complexity index is 1320. The Labute approximate surface area is 219 Å². The summed E-state index contributed by atoms with van der Waals surface area (Å²) < 4.78 is 5.79. The first-order valence-electron chi connectivity index (χ1n) is 14.4. The molecule has 2 aromatic rings. The normalized spacial score (nSPS) is 37.7. The molecule has 0 N–H and O–H groups in total. The number of ether oxygens (including phenoxy) is 1. The minimum absolute atomic E-state index is 0.0994. The first-order valence-corrected chi connectivity index (χ1v) is 14.4. The third kappa shape index (κ3) is 2.65. The number of hydrogen-bond donors (Lipinski definition) is 0. The van der Waals surface area contributed by atoms with Crippen LogP contribution in [-0.2, 0) is 16.6 Å². The van der Waals surface area contributed by atoms with Crippen molar-refractivity contribution in [2.45, 2.75) is 83.2 Å². The van der Waals surface area contributed by atoms with Gasteiger partial charge in [-0.15, -0.1) is 0 Å². The minimum atomic E-state index is -0.111. The SMILES string of the molecule is COc1ccc2c(c1)[C@]13CCN(C(=O)C4(C)CC4)[C@H](C2)[C@]12CCC1C3[C@@H](CN1c1nc(C)cc(C)n1)C2. The highest BCUT2D eigenvalue weighted by atomic mass is 16.5. The van der Waals surface area contributed by atoms with Crippen LogP contribution in [0.15, 0.2) is 24.3 Å². The first-order chi connectivity index (χ1) is 17.8. The molecule has 1 amide bonds. The van der Waals surface area contributed by atoms with E-state index in [1.165, 1.54) is 30.4 Å². The number of hydrogen-bond acceptors (Lipinski definition) is 5. The number of carbonyl (C=O) groups is 1. The van der Waals surface area contributed by atoms with Gasteiger partial charge >= 0.3 is 0 Å². The predicted octanol–water partition coefficient (Wildman–Crippen LogP) is 4.60. The van der Waals surface area contributed by atoms with Crippen LogP contribution in [0.5, 0.6) is 5.75 Å². The van der Waals surface area contributed by atoms with Gasteiger partial charge in [0, 0.05) is 52.8 Å². The molecule has 6 atom stereocenters. The van der Waals surface area contributed by atoms with Crippen LogP contribution in [-0.4, -0.2) is 53.1 Å². The van der Waals surface area contributed by atoms with Crippen LogP contribution in [0.3, 0.4) is 0 Å². The molecular weight excluding hydrogens is 460 g/mol. The number of methoxy groups -OCH3 is 1. The van der Waals surface area contributed by atoms with Crippen LogP contribution in [0.2, 0.25) is 0 Å². The number of rotatable bonds is 3. The topological polar surface area (TPSA) is 58.6 Å². The smallest absolute Gasteiger partial charge is 0.228 e. The van der Waals surface area contributed by atoms with Crippen molar-refractivity contribution in [3.05, 3.63) is 46.8 Å². The average molecular weight is 499 g/mol. The van der Waals surface area contributed by atoms with Crippen LogP contribution in [0.4, 0.5) is 5.95 Å². The molecule has 8 rings (SSSR count). The lowest BCUT2D eigenvalue weighted by atomic mass is 9.43. The molecule has 1 aromatic carbocycles. The zero-order valence-corrected chi connectivity index (χ0v) is 22.6. The van der Waals surface area contributed by atoms with E-state index >= 15 is 0 Å². The molecule has 3 saturated carbocycles. The number of benzene rings is 1. The van der Waals surface area contributed by atoms with Crippen LogP contribution in [0.1, 0.15) is 68.0 Å². The van der Waals surface area contributed by atoms with Gasteiger partial charge in [-0.05, 0) is 100.0 Å². The molecule has 6 heteroatoms. The van der Waals surface area contributed by atoms with Gasteiger partial charge in [-0.3, -0.25) is 4.79 Å². The summed E-state index contributed by atoms with van der Waals surface area (Å²) in [5, 5.41) is 0. The maximum Gasteiger partial charge on any atom is 0.228 e. The number of nitrogens with zero attached hydrogens (tertiary/aromatic N) is 4. The maximum absolute atomic E-state index is 13.9. The minimum Gasteiger partial charge on any atom is -0.497 e. The lowest BCUT2D eigenvalue weighted by molar-refractivity contribution is -0.155. The summed E-state index contributed by atoms with van der Waals surface area (Å²) in [6.45, 7) is 8.30. The first kappa shape index (κ1) is 22.4. The van der Waals surface area contributed by atoms with Gasteiger partial charge < -0.3 is 14.5 Å².